The number of hydrogen-bond acceptors (Lipinski definition) is 3. The molecule has 4 nitrogen and oxygen atoms in total. The summed E-state index contributed by atoms with van der Waals surface area (Å²) in [5, 5.41) is 6.91. The Bertz CT molecular complexity index is 338. The zero-order valence-electron chi connectivity index (χ0n) is 6.44. The van der Waals surface area contributed by atoms with Crippen LogP contribution in [0, 0.1) is 12.3 Å². The Kier molecular flexibility index (Phi) is 2.67. The van der Waals surface area contributed by atoms with E-state index in [1.807, 2.05) is 0 Å². The largest absolute Gasteiger partial charge is 0.301 e. The average Bonchev–Trinajstić information content (AvgIpc) is 2.03. The molecule has 0 aliphatic carbocycles. The van der Waals surface area contributed by atoms with E-state index in [2.05, 4.69) is 4.98 Å². The summed E-state index contributed by atoms with van der Waals surface area (Å²) in [4.78, 5) is 3.90. The SMILES string of the molecule is Cc1cc(C(=N)S(=O)O)ccn1. The second kappa shape index (κ2) is 3.55. The van der Waals surface area contributed by atoms with Gasteiger partial charge in [-0.2, -0.15) is 0 Å². The third kappa shape index (κ3) is 1.96. The van der Waals surface area contributed by atoms with E-state index in [1.165, 1.54) is 12.3 Å². The van der Waals surface area contributed by atoms with Gasteiger partial charge in [-0.1, -0.05) is 0 Å². The Morgan fingerprint density at radius 2 is 2.42 bits per heavy atom. The number of hydrogen-bond donors (Lipinski definition) is 2. The van der Waals surface area contributed by atoms with E-state index < -0.39 is 11.1 Å². The van der Waals surface area contributed by atoms with Crippen LogP contribution in [0.5, 0.6) is 0 Å². The number of nitrogens with one attached hydrogen (secondary N) is 1. The van der Waals surface area contributed by atoms with Gasteiger partial charge in [0.15, 0.2) is 5.04 Å². The Hall–Kier alpha value is -1.07. The Labute approximate surface area is 72.4 Å². The molecule has 0 saturated carbocycles. The third-order valence-electron chi connectivity index (χ3n) is 1.33. The fraction of sp³-hybridized carbons (Fsp3) is 0.143. The molecule has 1 unspecified atom stereocenters. The van der Waals surface area contributed by atoms with Crippen molar-refractivity contribution in [3.05, 3.63) is 29.6 Å². The highest BCUT2D eigenvalue weighted by molar-refractivity contribution is 7.96. The van der Waals surface area contributed by atoms with Crippen molar-refractivity contribution in [2.75, 3.05) is 0 Å². The summed E-state index contributed by atoms with van der Waals surface area (Å²) in [6.45, 7) is 1.76. The molecule has 0 aliphatic rings. The molecule has 1 rings (SSSR count). The number of rotatable bonds is 1. The molecular formula is C7H8N2O2S. The van der Waals surface area contributed by atoms with Crippen molar-refractivity contribution in [2.45, 2.75) is 6.92 Å². The normalized spacial score (nSPS) is 12.5. The van der Waals surface area contributed by atoms with E-state index in [9.17, 15) is 4.21 Å². The van der Waals surface area contributed by atoms with Crippen molar-refractivity contribution >= 4 is 16.1 Å². The molecule has 0 saturated heterocycles. The highest BCUT2D eigenvalue weighted by atomic mass is 32.2. The molecule has 12 heavy (non-hydrogen) atoms. The van der Waals surface area contributed by atoms with Crippen molar-refractivity contribution in [1.29, 1.82) is 5.41 Å². The van der Waals surface area contributed by atoms with Crippen LogP contribution in [0.4, 0.5) is 0 Å². The predicted molar refractivity (Wildman–Crippen MR) is 46.6 cm³/mol. The van der Waals surface area contributed by atoms with E-state index >= 15 is 0 Å². The first-order valence-corrected chi connectivity index (χ1v) is 4.34. The summed E-state index contributed by atoms with van der Waals surface area (Å²) in [6.07, 6.45) is 1.51. The maximum Gasteiger partial charge on any atom is 0.205 e. The molecule has 64 valence electrons. The fourth-order valence-corrected chi connectivity index (χ4v) is 1.12. The van der Waals surface area contributed by atoms with Crippen molar-refractivity contribution in [3.63, 3.8) is 0 Å². The van der Waals surface area contributed by atoms with Gasteiger partial charge in [-0.3, -0.25) is 10.4 Å². The summed E-state index contributed by atoms with van der Waals surface area (Å²) < 4.78 is 19.1. The van der Waals surface area contributed by atoms with Crippen LogP contribution in [-0.4, -0.2) is 18.8 Å². The van der Waals surface area contributed by atoms with Gasteiger partial charge in [0, 0.05) is 17.5 Å². The molecule has 0 amide bonds. The van der Waals surface area contributed by atoms with Gasteiger partial charge in [0.05, 0.1) is 0 Å². The fourth-order valence-electron chi connectivity index (χ4n) is 0.788. The highest BCUT2D eigenvalue weighted by Crippen LogP contribution is 2.03. The van der Waals surface area contributed by atoms with E-state index in [1.54, 1.807) is 13.0 Å². The van der Waals surface area contributed by atoms with Crippen molar-refractivity contribution < 1.29 is 8.76 Å². The molecule has 5 heteroatoms. The first kappa shape index (κ1) is 9.02. The molecule has 1 atom stereocenters. The molecule has 0 fully saturated rings. The molecule has 1 aromatic heterocycles. The first-order valence-electron chi connectivity index (χ1n) is 3.23. The highest BCUT2D eigenvalue weighted by Gasteiger charge is 2.06. The Morgan fingerprint density at radius 1 is 1.75 bits per heavy atom. The first-order chi connectivity index (χ1) is 5.61. The van der Waals surface area contributed by atoms with Crippen LogP contribution < -0.4 is 0 Å². The van der Waals surface area contributed by atoms with E-state index in [0.29, 0.717) is 5.56 Å². The molecule has 1 aromatic rings. The van der Waals surface area contributed by atoms with Gasteiger partial charge in [0.25, 0.3) is 0 Å². The molecule has 1 heterocycles. The summed E-state index contributed by atoms with van der Waals surface area (Å²) in [5.41, 5.74) is 1.16. The Morgan fingerprint density at radius 3 is 2.92 bits per heavy atom. The van der Waals surface area contributed by atoms with Gasteiger partial charge in [0.2, 0.25) is 11.1 Å². The number of aromatic nitrogens is 1. The summed E-state index contributed by atoms with van der Waals surface area (Å²) in [5.74, 6) is 0. The summed E-state index contributed by atoms with van der Waals surface area (Å²) >= 11 is -2.21. The van der Waals surface area contributed by atoms with E-state index in [4.69, 9.17) is 9.96 Å². The Balaban J connectivity index is 3.04. The molecule has 2 N–H and O–H groups in total. The monoisotopic (exact) mass is 184 g/mol. The van der Waals surface area contributed by atoms with E-state index in [-0.39, 0.29) is 5.04 Å². The third-order valence-corrected chi connectivity index (χ3v) is 1.92. The minimum Gasteiger partial charge on any atom is -0.301 e. The number of nitrogens with zero attached hydrogens (tertiary/aromatic N) is 1. The van der Waals surface area contributed by atoms with Crippen LogP contribution in [0.3, 0.4) is 0 Å². The molecule has 0 bridgehead atoms. The average molecular weight is 184 g/mol. The molecule has 0 aromatic carbocycles. The lowest BCUT2D eigenvalue weighted by Crippen LogP contribution is -2.06. The number of pyridine rings is 1. The van der Waals surface area contributed by atoms with Gasteiger partial charge in [-0.25, -0.2) is 4.21 Å². The molecular weight excluding hydrogens is 176 g/mol. The molecule has 0 aliphatic heterocycles. The van der Waals surface area contributed by atoms with Gasteiger partial charge in [0.1, 0.15) is 0 Å². The van der Waals surface area contributed by atoms with E-state index in [0.717, 1.165) is 5.69 Å². The minimum atomic E-state index is -2.21. The second-order valence-corrected chi connectivity index (χ2v) is 3.17. The van der Waals surface area contributed by atoms with Crippen molar-refractivity contribution in [1.82, 2.24) is 4.98 Å². The van der Waals surface area contributed by atoms with Crippen LogP contribution in [0.15, 0.2) is 18.3 Å². The lowest BCUT2D eigenvalue weighted by atomic mass is 10.2. The topological polar surface area (TPSA) is 74.0 Å². The van der Waals surface area contributed by atoms with Gasteiger partial charge in [-0.05, 0) is 19.1 Å². The van der Waals surface area contributed by atoms with Crippen LogP contribution in [0.25, 0.3) is 0 Å². The van der Waals surface area contributed by atoms with Crippen LogP contribution in [0.1, 0.15) is 11.3 Å². The van der Waals surface area contributed by atoms with Crippen LogP contribution >= 0.6 is 0 Å². The predicted octanol–water partition coefficient (Wildman–Crippen LogP) is 0.937. The minimum absolute atomic E-state index is 0.291. The molecule has 0 radical (unpaired) electrons. The second-order valence-electron chi connectivity index (χ2n) is 2.26. The van der Waals surface area contributed by atoms with Crippen LogP contribution in [-0.2, 0) is 11.1 Å². The smallest absolute Gasteiger partial charge is 0.205 e. The van der Waals surface area contributed by atoms with Crippen molar-refractivity contribution in [2.24, 2.45) is 0 Å². The quantitative estimate of drug-likeness (QED) is 0.387. The zero-order chi connectivity index (χ0) is 9.14. The maximum absolute atomic E-state index is 10.5. The van der Waals surface area contributed by atoms with Crippen LogP contribution in [0.2, 0.25) is 0 Å². The number of aryl methyl sites for hydroxylation is 1. The van der Waals surface area contributed by atoms with Gasteiger partial charge in [-0.15, -0.1) is 0 Å². The summed E-state index contributed by atoms with van der Waals surface area (Å²) in [6, 6.07) is 3.12. The maximum atomic E-state index is 10.5. The lowest BCUT2D eigenvalue weighted by Gasteiger charge is -1.98. The standard InChI is InChI=1S/C7H8N2O2S/c1-5-4-6(2-3-9-5)7(8)12(10)11/h2-4,8H,1H3,(H,10,11). The van der Waals surface area contributed by atoms with Crippen molar-refractivity contribution in [3.8, 4) is 0 Å². The zero-order valence-corrected chi connectivity index (χ0v) is 7.26. The van der Waals surface area contributed by atoms with Gasteiger partial charge < -0.3 is 4.55 Å². The molecule has 0 spiro atoms. The summed E-state index contributed by atoms with van der Waals surface area (Å²) in [7, 11) is 0. The lowest BCUT2D eigenvalue weighted by molar-refractivity contribution is 0.577. The van der Waals surface area contributed by atoms with Gasteiger partial charge >= 0.3 is 0 Å².